The summed E-state index contributed by atoms with van der Waals surface area (Å²) in [6.07, 6.45) is 1.46. The van der Waals surface area contributed by atoms with Crippen LogP contribution in [0.25, 0.3) is 0 Å². The third-order valence-electron chi connectivity index (χ3n) is 4.75. The van der Waals surface area contributed by atoms with Crippen LogP contribution in [-0.4, -0.2) is 34.1 Å². The van der Waals surface area contributed by atoms with Crippen LogP contribution in [0, 0.1) is 5.92 Å². The third kappa shape index (κ3) is 3.95. The first-order chi connectivity index (χ1) is 11.6. The first-order valence-electron chi connectivity index (χ1n) is 8.42. The predicted molar refractivity (Wildman–Crippen MR) is 92.5 cm³/mol. The molecule has 126 valence electrons. The minimum absolute atomic E-state index is 0.0771. The quantitative estimate of drug-likeness (QED) is 0.908. The van der Waals surface area contributed by atoms with Crippen molar-refractivity contribution < 1.29 is 15.0 Å². The maximum atomic E-state index is 12.4. The van der Waals surface area contributed by atoms with Crippen molar-refractivity contribution >= 4 is 5.91 Å². The molecule has 1 atom stereocenters. The number of phenolic OH excluding ortho intramolecular Hbond substituents is 1. The van der Waals surface area contributed by atoms with Gasteiger partial charge in [0.15, 0.2) is 0 Å². The van der Waals surface area contributed by atoms with E-state index in [9.17, 15) is 15.0 Å². The van der Waals surface area contributed by atoms with Gasteiger partial charge in [0.2, 0.25) is 5.91 Å². The molecule has 24 heavy (non-hydrogen) atoms. The lowest BCUT2D eigenvalue weighted by Gasteiger charge is -2.34. The first-order valence-corrected chi connectivity index (χ1v) is 8.42. The fourth-order valence-corrected chi connectivity index (χ4v) is 3.34. The number of hydrogen-bond donors (Lipinski definition) is 2. The van der Waals surface area contributed by atoms with E-state index < -0.39 is 6.10 Å². The summed E-state index contributed by atoms with van der Waals surface area (Å²) < 4.78 is 0. The van der Waals surface area contributed by atoms with E-state index in [2.05, 4.69) is 0 Å². The van der Waals surface area contributed by atoms with Crippen LogP contribution in [0.5, 0.6) is 5.75 Å². The van der Waals surface area contributed by atoms with E-state index in [-0.39, 0.29) is 17.6 Å². The second-order valence-corrected chi connectivity index (χ2v) is 6.42. The molecule has 0 aromatic heterocycles. The van der Waals surface area contributed by atoms with Gasteiger partial charge in [-0.15, -0.1) is 0 Å². The number of carbonyl (C=O) groups excluding carboxylic acids is 1. The standard InChI is InChI=1S/C20H23NO3/c22-18-8-4-5-15(13-18)14-19(23)21-11-9-17(10-12-21)20(24)16-6-2-1-3-7-16/h1-8,13,17,20,22,24H,9-12,14H2. The molecule has 4 nitrogen and oxygen atoms in total. The lowest BCUT2D eigenvalue weighted by Crippen LogP contribution is -2.40. The number of benzene rings is 2. The molecule has 1 heterocycles. The van der Waals surface area contributed by atoms with Crippen LogP contribution in [0.2, 0.25) is 0 Å². The van der Waals surface area contributed by atoms with Crippen molar-refractivity contribution in [1.29, 1.82) is 0 Å². The minimum atomic E-state index is -0.463. The van der Waals surface area contributed by atoms with Gasteiger partial charge < -0.3 is 15.1 Å². The summed E-state index contributed by atoms with van der Waals surface area (Å²) >= 11 is 0. The number of amides is 1. The molecule has 1 aliphatic rings. The average Bonchev–Trinajstić information content (AvgIpc) is 2.62. The highest BCUT2D eigenvalue weighted by molar-refractivity contribution is 5.79. The second kappa shape index (κ2) is 7.49. The Kier molecular flexibility index (Phi) is 5.16. The van der Waals surface area contributed by atoms with E-state index in [0.717, 1.165) is 24.0 Å². The highest BCUT2D eigenvalue weighted by Crippen LogP contribution is 2.30. The number of phenols is 1. The van der Waals surface area contributed by atoms with Gasteiger partial charge in [0.05, 0.1) is 12.5 Å². The van der Waals surface area contributed by atoms with Crippen LogP contribution in [0.3, 0.4) is 0 Å². The van der Waals surface area contributed by atoms with Crippen molar-refractivity contribution in [1.82, 2.24) is 4.90 Å². The summed E-state index contributed by atoms with van der Waals surface area (Å²) in [7, 11) is 0. The number of aromatic hydroxyl groups is 1. The van der Waals surface area contributed by atoms with E-state index in [1.165, 1.54) is 0 Å². The zero-order valence-electron chi connectivity index (χ0n) is 13.6. The van der Waals surface area contributed by atoms with Crippen LogP contribution < -0.4 is 0 Å². The van der Waals surface area contributed by atoms with Crippen molar-refractivity contribution in [3.05, 3.63) is 65.7 Å². The average molecular weight is 325 g/mol. The lowest BCUT2D eigenvalue weighted by molar-refractivity contribution is -0.132. The summed E-state index contributed by atoms with van der Waals surface area (Å²) in [6.45, 7) is 1.35. The van der Waals surface area contributed by atoms with Crippen LogP contribution >= 0.6 is 0 Å². The molecule has 0 aliphatic carbocycles. The van der Waals surface area contributed by atoms with Gasteiger partial charge in [0.25, 0.3) is 0 Å². The topological polar surface area (TPSA) is 60.8 Å². The Labute approximate surface area is 142 Å². The van der Waals surface area contributed by atoms with Gasteiger partial charge in [0, 0.05) is 13.1 Å². The largest absolute Gasteiger partial charge is 0.508 e. The smallest absolute Gasteiger partial charge is 0.226 e. The SMILES string of the molecule is O=C(Cc1cccc(O)c1)N1CCC(C(O)c2ccccc2)CC1. The van der Waals surface area contributed by atoms with Gasteiger partial charge in [0.1, 0.15) is 5.75 Å². The summed E-state index contributed by atoms with van der Waals surface area (Å²) in [5.41, 5.74) is 1.77. The molecule has 3 rings (SSSR count). The number of piperidine rings is 1. The van der Waals surface area contributed by atoms with Crippen molar-refractivity contribution in [3.63, 3.8) is 0 Å². The molecule has 0 saturated carbocycles. The molecular weight excluding hydrogens is 302 g/mol. The Bertz CT molecular complexity index is 678. The highest BCUT2D eigenvalue weighted by Gasteiger charge is 2.28. The fourth-order valence-electron chi connectivity index (χ4n) is 3.34. The highest BCUT2D eigenvalue weighted by atomic mass is 16.3. The zero-order chi connectivity index (χ0) is 16.9. The molecule has 1 saturated heterocycles. The van der Waals surface area contributed by atoms with Crippen molar-refractivity contribution in [2.45, 2.75) is 25.4 Å². The molecule has 4 heteroatoms. The number of likely N-dealkylation sites (tertiary alicyclic amines) is 1. The van der Waals surface area contributed by atoms with E-state index in [1.54, 1.807) is 18.2 Å². The van der Waals surface area contributed by atoms with Gasteiger partial charge in [-0.1, -0.05) is 42.5 Å². The maximum absolute atomic E-state index is 12.4. The molecule has 0 bridgehead atoms. The summed E-state index contributed by atoms with van der Waals surface area (Å²) in [6, 6.07) is 16.5. The third-order valence-corrected chi connectivity index (χ3v) is 4.75. The molecule has 1 amide bonds. The molecule has 1 fully saturated rings. The van der Waals surface area contributed by atoms with Crippen LogP contribution in [0.15, 0.2) is 54.6 Å². The molecule has 1 unspecified atom stereocenters. The maximum Gasteiger partial charge on any atom is 0.226 e. The molecule has 0 radical (unpaired) electrons. The number of carbonyl (C=O) groups is 1. The van der Waals surface area contributed by atoms with Gasteiger partial charge in [-0.3, -0.25) is 4.79 Å². The van der Waals surface area contributed by atoms with E-state index in [1.807, 2.05) is 41.3 Å². The Hall–Kier alpha value is -2.33. The Morgan fingerprint density at radius 1 is 1.08 bits per heavy atom. The lowest BCUT2D eigenvalue weighted by atomic mass is 9.87. The second-order valence-electron chi connectivity index (χ2n) is 6.42. The minimum Gasteiger partial charge on any atom is -0.508 e. The van der Waals surface area contributed by atoms with Crippen LogP contribution in [0.4, 0.5) is 0 Å². The van der Waals surface area contributed by atoms with Crippen LogP contribution in [-0.2, 0) is 11.2 Å². The summed E-state index contributed by atoms with van der Waals surface area (Å²) in [5, 5.41) is 20.0. The number of hydrogen-bond acceptors (Lipinski definition) is 3. The van der Waals surface area contributed by atoms with E-state index in [0.29, 0.717) is 19.5 Å². The molecule has 2 N–H and O–H groups in total. The van der Waals surface area contributed by atoms with Gasteiger partial charge in [-0.2, -0.15) is 0 Å². The number of rotatable bonds is 4. The molecule has 2 aromatic rings. The summed E-state index contributed by atoms with van der Waals surface area (Å²) in [5.74, 6) is 0.454. The molecule has 2 aromatic carbocycles. The van der Waals surface area contributed by atoms with Gasteiger partial charge in [-0.05, 0) is 42.0 Å². The monoisotopic (exact) mass is 325 g/mol. The van der Waals surface area contributed by atoms with Crippen LogP contribution in [0.1, 0.15) is 30.1 Å². The number of aliphatic hydroxyl groups is 1. The van der Waals surface area contributed by atoms with E-state index in [4.69, 9.17) is 0 Å². The first kappa shape index (κ1) is 16.5. The van der Waals surface area contributed by atoms with Crippen molar-refractivity contribution in [3.8, 4) is 5.75 Å². The number of nitrogens with zero attached hydrogens (tertiary/aromatic N) is 1. The number of aliphatic hydroxyl groups excluding tert-OH is 1. The summed E-state index contributed by atoms with van der Waals surface area (Å²) in [4.78, 5) is 14.3. The van der Waals surface area contributed by atoms with E-state index >= 15 is 0 Å². The van der Waals surface area contributed by atoms with Gasteiger partial charge >= 0.3 is 0 Å². The molecular formula is C20H23NO3. The Morgan fingerprint density at radius 3 is 2.46 bits per heavy atom. The van der Waals surface area contributed by atoms with Gasteiger partial charge in [-0.25, -0.2) is 0 Å². The molecule has 1 aliphatic heterocycles. The van der Waals surface area contributed by atoms with Crippen molar-refractivity contribution in [2.75, 3.05) is 13.1 Å². The predicted octanol–water partition coefficient (Wildman–Crippen LogP) is 2.91. The molecule has 0 spiro atoms. The fraction of sp³-hybridized carbons (Fsp3) is 0.350. The van der Waals surface area contributed by atoms with Crippen molar-refractivity contribution in [2.24, 2.45) is 5.92 Å². The normalized spacial score (nSPS) is 16.8. The Morgan fingerprint density at radius 2 is 1.79 bits per heavy atom. The zero-order valence-corrected chi connectivity index (χ0v) is 13.6. The Balaban J connectivity index is 1.54.